The molecule has 0 atom stereocenters. The molecule has 37 heavy (non-hydrogen) atoms. The van der Waals surface area contributed by atoms with E-state index in [1.54, 1.807) is 23.7 Å². The van der Waals surface area contributed by atoms with Gasteiger partial charge in [-0.1, -0.05) is 11.3 Å². The Bertz CT molecular complexity index is 1550. The summed E-state index contributed by atoms with van der Waals surface area (Å²) in [5.74, 6) is -0.206. The number of thioether (sulfide) groups is 1. The van der Waals surface area contributed by atoms with E-state index in [9.17, 15) is 14.4 Å². The highest BCUT2D eigenvalue weighted by molar-refractivity contribution is 7.98. The highest BCUT2D eigenvalue weighted by Crippen LogP contribution is 2.32. The summed E-state index contributed by atoms with van der Waals surface area (Å²) in [5.41, 5.74) is 0.363. The molecule has 1 saturated heterocycles. The maximum Gasteiger partial charge on any atom is 0.332 e. The first-order chi connectivity index (χ1) is 17.4. The normalized spacial score (nSPS) is 14.2. The van der Waals surface area contributed by atoms with Gasteiger partial charge in [-0.2, -0.15) is 0 Å². The van der Waals surface area contributed by atoms with Crippen LogP contribution in [0.2, 0.25) is 0 Å². The number of halogens is 1. The average Bonchev–Trinajstić information content (AvgIpc) is 3.50. The Morgan fingerprint density at radius 1 is 1.19 bits per heavy atom. The highest BCUT2D eigenvalue weighted by atomic mass is 35.5. The molecule has 1 aromatic carbocycles. The number of carbonyl (C=O) groups is 1. The third-order valence-electron chi connectivity index (χ3n) is 6.38. The number of anilines is 1. The summed E-state index contributed by atoms with van der Waals surface area (Å²) >= 11 is 3.14. The van der Waals surface area contributed by atoms with Crippen molar-refractivity contribution in [1.82, 2.24) is 28.6 Å². The van der Waals surface area contributed by atoms with Crippen LogP contribution < -0.4 is 16.1 Å². The van der Waals surface area contributed by atoms with Gasteiger partial charge >= 0.3 is 5.69 Å². The predicted molar refractivity (Wildman–Crippen MR) is 148 cm³/mol. The standard InChI is InChI=1S/C23H27N7O4S2.ClH/c1-26-20-19(21(32)27(2)23(26)33)29(14-24-20)13-18(31)30(7-6-28-8-10-34-11-9-28)22-25-16-5-4-15(35-3)12-17(16)36-22;/h4-5,12,14H,6-11,13H2,1-3H3;1H. The molecule has 0 N–H and O–H groups in total. The van der Waals surface area contributed by atoms with Gasteiger partial charge in [0.25, 0.3) is 5.56 Å². The van der Waals surface area contributed by atoms with E-state index in [0.29, 0.717) is 31.4 Å². The fourth-order valence-electron chi connectivity index (χ4n) is 4.28. The van der Waals surface area contributed by atoms with Gasteiger partial charge in [0.2, 0.25) is 5.91 Å². The Labute approximate surface area is 227 Å². The molecule has 1 aliphatic heterocycles. The second-order valence-electron chi connectivity index (χ2n) is 8.58. The molecule has 0 bridgehead atoms. The molecule has 0 saturated carbocycles. The Kier molecular flexibility index (Phi) is 8.39. The lowest BCUT2D eigenvalue weighted by molar-refractivity contribution is -0.119. The minimum absolute atomic E-state index is 0. The van der Waals surface area contributed by atoms with Crippen molar-refractivity contribution in [1.29, 1.82) is 0 Å². The number of thiazole rings is 1. The zero-order valence-electron chi connectivity index (χ0n) is 20.7. The number of hydrogen-bond donors (Lipinski definition) is 0. The number of carbonyl (C=O) groups excluding carboxylic acids is 1. The number of hydrogen-bond acceptors (Lipinski definition) is 9. The van der Waals surface area contributed by atoms with Crippen LogP contribution in [0.15, 0.2) is 39.0 Å². The Morgan fingerprint density at radius 2 is 1.95 bits per heavy atom. The quantitative estimate of drug-likeness (QED) is 0.311. The number of morpholine rings is 1. The van der Waals surface area contributed by atoms with Gasteiger partial charge in [0.05, 0.1) is 29.8 Å². The van der Waals surface area contributed by atoms with Crippen molar-refractivity contribution in [3.63, 3.8) is 0 Å². The van der Waals surface area contributed by atoms with Crippen molar-refractivity contribution < 1.29 is 9.53 Å². The number of rotatable bonds is 7. The summed E-state index contributed by atoms with van der Waals surface area (Å²) in [6, 6.07) is 6.08. The Morgan fingerprint density at radius 3 is 2.68 bits per heavy atom. The fourth-order valence-corrected chi connectivity index (χ4v) is 5.84. The summed E-state index contributed by atoms with van der Waals surface area (Å²) in [6.45, 7) is 4.02. The molecule has 1 fully saturated rings. The molecule has 0 spiro atoms. The molecule has 11 nitrogen and oxygen atoms in total. The van der Waals surface area contributed by atoms with E-state index in [1.165, 1.54) is 33.8 Å². The van der Waals surface area contributed by atoms with Crippen LogP contribution in [0, 0.1) is 0 Å². The molecule has 4 aromatic rings. The van der Waals surface area contributed by atoms with E-state index in [0.717, 1.165) is 32.8 Å². The Hall–Kier alpha value is -2.71. The second kappa shape index (κ2) is 11.4. The lowest BCUT2D eigenvalue weighted by Crippen LogP contribution is -2.44. The van der Waals surface area contributed by atoms with Crippen LogP contribution in [0.1, 0.15) is 0 Å². The molecule has 198 valence electrons. The summed E-state index contributed by atoms with van der Waals surface area (Å²) in [7, 11) is 2.98. The number of aromatic nitrogens is 5. The first-order valence-corrected chi connectivity index (χ1v) is 13.6. The zero-order chi connectivity index (χ0) is 25.4. The summed E-state index contributed by atoms with van der Waals surface area (Å²) in [6.07, 6.45) is 3.46. The van der Waals surface area contributed by atoms with Gasteiger partial charge in [-0.25, -0.2) is 14.8 Å². The van der Waals surface area contributed by atoms with Gasteiger partial charge < -0.3 is 9.30 Å². The number of imidazole rings is 1. The molecule has 0 radical (unpaired) electrons. The van der Waals surface area contributed by atoms with Crippen molar-refractivity contribution in [2.24, 2.45) is 14.1 Å². The second-order valence-corrected chi connectivity index (χ2v) is 10.5. The highest BCUT2D eigenvalue weighted by Gasteiger charge is 2.24. The van der Waals surface area contributed by atoms with Gasteiger partial charge in [0.1, 0.15) is 6.54 Å². The molecule has 1 amide bonds. The number of amides is 1. The lowest BCUT2D eigenvalue weighted by Gasteiger charge is -2.29. The Balaban J connectivity index is 0.00000320. The zero-order valence-corrected chi connectivity index (χ0v) is 23.2. The lowest BCUT2D eigenvalue weighted by atomic mass is 10.3. The molecule has 4 heterocycles. The molecular weight excluding hydrogens is 538 g/mol. The number of benzene rings is 1. The van der Waals surface area contributed by atoms with Gasteiger partial charge in [-0.3, -0.25) is 28.5 Å². The summed E-state index contributed by atoms with van der Waals surface area (Å²) in [4.78, 5) is 52.9. The maximum absolute atomic E-state index is 13.7. The van der Waals surface area contributed by atoms with Gasteiger partial charge in [-0.05, 0) is 24.5 Å². The minimum atomic E-state index is -0.483. The number of fused-ring (bicyclic) bond motifs is 2. The van der Waals surface area contributed by atoms with Crippen LogP contribution in [-0.2, 0) is 30.2 Å². The third kappa shape index (κ3) is 5.32. The smallest absolute Gasteiger partial charge is 0.332 e. The van der Waals surface area contributed by atoms with Gasteiger partial charge in [-0.15, -0.1) is 24.2 Å². The van der Waals surface area contributed by atoms with Crippen molar-refractivity contribution in [2.75, 3.05) is 50.5 Å². The number of ether oxygens (including phenoxy) is 1. The molecular formula is C23H28ClN7O4S2. The van der Waals surface area contributed by atoms with E-state index < -0.39 is 11.2 Å². The molecule has 3 aromatic heterocycles. The topological polar surface area (TPSA) is 107 Å². The van der Waals surface area contributed by atoms with Crippen LogP contribution in [0.5, 0.6) is 0 Å². The fraction of sp³-hybridized carbons (Fsp3) is 0.435. The van der Waals surface area contributed by atoms with E-state index in [1.807, 2.05) is 18.4 Å². The molecule has 0 aliphatic carbocycles. The maximum atomic E-state index is 13.7. The molecule has 14 heteroatoms. The largest absolute Gasteiger partial charge is 0.379 e. The SMILES string of the molecule is CSc1ccc2nc(N(CCN3CCOCC3)C(=O)Cn3cnc4c3c(=O)n(C)c(=O)n4C)sc2c1.Cl. The van der Waals surface area contributed by atoms with E-state index in [4.69, 9.17) is 9.72 Å². The first kappa shape index (κ1) is 27.3. The summed E-state index contributed by atoms with van der Waals surface area (Å²) < 4.78 is 10.3. The molecule has 5 rings (SSSR count). The van der Waals surface area contributed by atoms with Crippen LogP contribution in [-0.4, -0.2) is 80.1 Å². The summed E-state index contributed by atoms with van der Waals surface area (Å²) in [5, 5.41) is 0.617. The van der Waals surface area contributed by atoms with Crippen LogP contribution in [0.25, 0.3) is 21.4 Å². The number of aryl methyl sites for hydroxylation is 1. The first-order valence-electron chi connectivity index (χ1n) is 11.5. The van der Waals surface area contributed by atoms with Crippen LogP contribution >= 0.6 is 35.5 Å². The van der Waals surface area contributed by atoms with E-state index in [2.05, 4.69) is 16.0 Å². The van der Waals surface area contributed by atoms with Crippen molar-refractivity contribution in [2.45, 2.75) is 11.4 Å². The van der Waals surface area contributed by atoms with Crippen LogP contribution in [0.3, 0.4) is 0 Å². The van der Waals surface area contributed by atoms with Crippen molar-refractivity contribution in [3.05, 3.63) is 45.4 Å². The molecule has 0 unspecified atom stereocenters. The predicted octanol–water partition coefficient (Wildman–Crippen LogP) is 1.55. The van der Waals surface area contributed by atoms with E-state index in [-0.39, 0.29) is 36.0 Å². The van der Waals surface area contributed by atoms with Crippen molar-refractivity contribution in [3.8, 4) is 0 Å². The monoisotopic (exact) mass is 565 g/mol. The molecule has 1 aliphatic rings. The average molecular weight is 566 g/mol. The van der Waals surface area contributed by atoms with Gasteiger partial charge in [0.15, 0.2) is 16.3 Å². The number of nitrogens with zero attached hydrogens (tertiary/aromatic N) is 7. The third-order valence-corrected chi connectivity index (χ3v) is 8.15. The van der Waals surface area contributed by atoms with Crippen LogP contribution in [0.4, 0.5) is 5.13 Å². The minimum Gasteiger partial charge on any atom is -0.379 e. The van der Waals surface area contributed by atoms with Crippen molar-refractivity contribution >= 4 is 67.9 Å². The van der Waals surface area contributed by atoms with E-state index >= 15 is 0 Å². The van der Waals surface area contributed by atoms with Gasteiger partial charge in [0, 0.05) is 45.2 Å².